The highest BCUT2D eigenvalue weighted by Gasteiger charge is 2.46. The Labute approximate surface area is 135 Å². The quantitative estimate of drug-likeness (QED) is 0.697. The van der Waals surface area contributed by atoms with Gasteiger partial charge in [-0.1, -0.05) is 29.7 Å². The third kappa shape index (κ3) is 2.83. The first kappa shape index (κ1) is 16.0. The van der Waals surface area contributed by atoms with Crippen molar-refractivity contribution in [2.24, 2.45) is 9.81 Å². The number of hydrogen-bond acceptors (Lipinski definition) is 2. The van der Waals surface area contributed by atoms with E-state index >= 15 is 0 Å². The molecule has 0 N–H and O–H groups in total. The number of hydrogen-bond donors (Lipinski definition) is 0. The van der Waals surface area contributed by atoms with E-state index in [9.17, 15) is 8.94 Å². The van der Waals surface area contributed by atoms with Crippen LogP contribution in [0.15, 0.2) is 22.6 Å². The average Bonchev–Trinajstić information content (AvgIpc) is 2.72. The lowest BCUT2D eigenvalue weighted by molar-refractivity contribution is 0.291. The summed E-state index contributed by atoms with van der Waals surface area (Å²) in [5.74, 6) is -0.235. The highest BCUT2D eigenvalue weighted by atomic mass is 32.2. The van der Waals surface area contributed by atoms with Crippen LogP contribution in [0.25, 0.3) is 0 Å². The summed E-state index contributed by atoms with van der Waals surface area (Å²) in [5, 5.41) is 0. The zero-order valence-electron chi connectivity index (χ0n) is 13.6. The van der Waals surface area contributed by atoms with Crippen molar-refractivity contribution < 1.29 is 8.94 Å². The van der Waals surface area contributed by atoms with E-state index in [0.29, 0.717) is 0 Å². The zero-order valence-corrected chi connectivity index (χ0v) is 14.4. The van der Waals surface area contributed by atoms with Gasteiger partial charge in [0.1, 0.15) is 27.6 Å². The minimum absolute atomic E-state index is 0.0186. The van der Waals surface area contributed by atoms with Crippen molar-refractivity contribution >= 4 is 17.1 Å². The van der Waals surface area contributed by atoms with E-state index in [1.807, 2.05) is 26.8 Å². The number of benzene rings is 1. The van der Waals surface area contributed by atoms with Gasteiger partial charge in [-0.3, -0.25) is 0 Å². The highest BCUT2D eigenvalue weighted by molar-refractivity contribution is 7.91. The van der Waals surface area contributed by atoms with Gasteiger partial charge in [-0.15, -0.1) is 0 Å². The third-order valence-corrected chi connectivity index (χ3v) is 6.26. The molecule has 1 aromatic carbocycles. The Kier molecular flexibility index (Phi) is 4.11. The Morgan fingerprint density at radius 2 is 1.86 bits per heavy atom. The fourth-order valence-electron chi connectivity index (χ4n) is 3.67. The van der Waals surface area contributed by atoms with E-state index < -0.39 is 11.4 Å². The minimum Gasteiger partial charge on any atom is -0.591 e. The van der Waals surface area contributed by atoms with Gasteiger partial charge in [-0.25, -0.2) is 4.39 Å². The molecular weight excluding hydrogens is 297 g/mol. The van der Waals surface area contributed by atoms with Crippen LogP contribution in [-0.4, -0.2) is 15.0 Å². The molecule has 4 heteroatoms. The number of nitrogens with zero attached hydrogens (tertiary/aromatic N) is 1. The van der Waals surface area contributed by atoms with Gasteiger partial charge in [-0.2, -0.15) is 0 Å². The Morgan fingerprint density at radius 3 is 2.50 bits per heavy atom. The Morgan fingerprint density at radius 1 is 1.18 bits per heavy atom. The van der Waals surface area contributed by atoms with Crippen LogP contribution in [0, 0.1) is 11.2 Å². The highest BCUT2D eigenvalue weighted by Crippen LogP contribution is 2.48. The second-order valence-corrected chi connectivity index (χ2v) is 9.53. The molecule has 1 atom stereocenters. The molecule has 120 valence electrons. The SMILES string of the molecule is CC(C)(C)[S@@+]([O-])/N=C1\c2cc(F)ccc2CC12CCCCC2. The number of halogens is 1. The van der Waals surface area contributed by atoms with Crippen LogP contribution < -0.4 is 0 Å². The number of rotatable bonds is 1. The van der Waals surface area contributed by atoms with Crippen LogP contribution in [0.2, 0.25) is 0 Å². The molecule has 1 fully saturated rings. The lowest BCUT2D eigenvalue weighted by atomic mass is 9.71. The van der Waals surface area contributed by atoms with Crippen molar-refractivity contribution in [1.82, 2.24) is 0 Å². The lowest BCUT2D eigenvalue weighted by Gasteiger charge is -2.34. The molecule has 0 bridgehead atoms. The Balaban J connectivity index is 2.08. The molecule has 0 heterocycles. The van der Waals surface area contributed by atoms with Crippen molar-refractivity contribution in [2.45, 2.75) is 64.0 Å². The van der Waals surface area contributed by atoms with Gasteiger partial charge >= 0.3 is 0 Å². The molecule has 0 aromatic heterocycles. The molecule has 1 aromatic rings. The van der Waals surface area contributed by atoms with E-state index in [-0.39, 0.29) is 16.0 Å². The molecule has 1 spiro atoms. The van der Waals surface area contributed by atoms with E-state index in [0.717, 1.165) is 36.1 Å². The predicted molar refractivity (Wildman–Crippen MR) is 90.1 cm³/mol. The molecule has 2 aliphatic carbocycles. The molecule has 3 rings (SSSR count). The second-order valence-electron chi connectivity index (χ2n) is 7.62. The summed E-state index contributed by atoms with van der Waals surface area (Å²) in [5.41, 5.74) is 2.93. The standard InChI is InChI=1S/C18H24FNOS/c1-17(2,3)22(21)20-16-15-11-14(19)8-7-13(15)12-18(16)9-5-4-6-10-18/h7-8,11H,4-6,9-10,12H2,1-3H3/b20-16+/t22-/m1/s1. The van der Waals surface area contributed by atoms with Crippen molar-refractivity contribution in [2.75, 3.05) is 0 Å². The fourth-order valence-corrected chi connectivity index (χ4v) is 4.40. The molecule has 0 unspecified atom stereocenters. The van der Waals surface area contributed by atoms with Crippen LogP contribution in [-0.2, 0) is 17.8 Å². The van der Waals surface area contributed by atoms with E-state index in [4.69, 9.17) is 0 Å². The van der Waals surface area contributed by atoms with Crippen LogP contribution in [0.1, 0.15) is 64.0 Å². The molecule has 0 radical (unpaired) electrons. The molecule has 0 amide bonds. The first-order valence-electron chi connectivity index (χ1n) is 8.12. The van der Waals surface area contributed by atoms with Crippen LogP contribution in [0.5, 0.6) is 0 Å². The predicted octanol–water partition coefficient (Wildman–Crippen LogP) is 4.58. The lowest BCUT2D eigenvalue weighted by Crippen LogP contribution is -2.34. The molecule has 2 nitrogen and oxygen atoms in total. The topological polar surface area (TPSA) is 35.4 Å². The van der Waals surface area contributed by atoms with Gasteiger partial charge < -0.3 is 4.55 Å². The normalized spacial score (nSPS) is 23.8. The van der Waals surface area contributed by atoms with Gasteiger partial charge in [-0.05, 0) is 57.7 Å². The molecule has 0 aliphatic heterocycles. The first-order valence-corrected chi connectivity index (χ1v) is 9.22. The molecule has 2 aliphatic rings. The monoisotopic (exact) mass is 321 g/mol. The Bertz CT molecular complexity index is 600. The maximum Gasteiger partial charge on any atom is 0.144 e. The summed E-state index contributed by atoms with van der Waals surface area (Å²) in [6, 6.07) is 4.99. The van der Waals surface area contributed by atoms with Gasteiger partial charge in [0, 0.05) is 11.0 Å². The minimum atomic E-state index is -1.30. The van der Waals surface area contributed by atoms with Crippen molar-refractivity contribution in [1.29, 1.82) is 0 Å². The second kappa shape index (κ2) is 5.64. The van der Waals surface area contributed by atoms with Crippen molar-refractivity contribution in [3.8, 4) is 0 Å². The largest absolute Gasteiger partial charge is 0.591 e. The average molecular weight is 321 g/mol. The van der Waals surface area contributed by atoms with Gasteiger partial charge in [0.25, 0.3) is 0 Å². The maximum atomic E-state index is 13.7. The van der Waals surface area contributed by atoms with Crippen LogP contribution >= 0.6 is 0 Å². The summed E-state index contributed by atoms with van der Waals surface area (Å²) < 4.78 is 30.5. The summed E-state index contributed by atoms with van der Waals surface area (Å²) in [6.45, 7) is 5.80. The summed E-state index contributed by atoms with van der Waals surface area (Å²) >= 11 is -1.30. The molecule has 22 heavy (non-hydrogen) atoms. The van der Waals surface area contributed by atoms with E-state index in [2.05, 4.69) is 4.40 Å². The zero-order chi connectivity index (χ0) is 16.0. The Hall–Kier alpha value is -0.870. The first-order chi connectivity index (χ1) is 10.3. The molecule has 1 saturated carbocycles. The summed E-state index contributed by atoms with van der Waals surface area (Å²) in [7, 11) is 0. The van der Waals surface area contributed by atoms with E-state index in [1.165, 1.54) is 25.3 Å². The summed E-state index contributed by atoms with van der Waals surface area (Å²) in [4.78, 5) is 0. The van der Waals surface area contributed by atoms with Gasteiger partial charge in [0.05, 0.1) is 0 Å². The van der Waals surface area contributed by atoms with Crippen molar-refractivity contribution in [3.05, 3.63) is 35.1 Å². The van der Waals surface area contributed by atoms with Crippen molar-refractivity contribution in [3.63, 3.8) is 0 Å². The molecular formula is C18H24FNOS. The summed E-state index contributed by atoms with van der Waals surface area (Å²) in [6.07, 6.45) is 6.67. The van der Waals surface area contributed by atoms with Crippen LogP contribution in [0.4, 0.5) is 4.39 Å². The maximum absolute atomic E-state index is 13.7. The third-order valence-electron chi connectivity index (χ3n) is 4.87. The number of fused-ring (bicyclic) bond motifs is 1. The van der Waals surface area contributed by atoms with E-state index in [1.54, 1.807) is 6.07 Å². The van der Waals surface area contributed by atoms with Crippen LogP contribution in [0.3, 0.4) is 0 Å². The smallest absolute Gasteiger partial charge is 0.144 e. The fraction of sp³-hybridized carbons (Fsp3) is 0.611. The molecule has 0 saturated heterocycles. The van der Waals surface area contributed by atoms with Gasteiger partial charge in [0.2, 0.25) is 0 Å². The van der Waals surface area contributed by atoms with Gasteiger partial charge in [0.15, 0.2) is 0 Å².